The summed E-state index contributed by atoms with van der Waals surface area (Å²) in [5.74, 6) is -0.769. The molecule has 0 bridgehead atoms. The summed E-state index contributed by atoms with van der Waals surface area (Å²) < 4.78 is 11.4. The van der Waals surface area contributed by atoms with Gasteiger partial charge in [0.15, 0.2) is 12.1 Å². The van der Waals surface area contributed by atoms with Crippen LogP contribution in [-0.4, -0.2) is 24.5 Å². The maximum atomic E-state index is 11.2. The van der Waals surface area contributed by atoms with Gasteiger partial charge in [-0.2, -0.15) is 0 Å². The summed E-state index contributed by atoms with van der Waals surface area (Å²) >= 11 is 0. The highest BCUT2D eigenvalue weighted by molar-refractivity contribution is 5.79. The molecule has 2 rings (SSSR count). The van der Waals surface area contributed by atoms with Gasteiger partial charge in [-0.15, -0.1) is 0 Å². The van der Waals surface area contributed by atoms with Crippen molar-refractivity contribution in [1.29, 1.82) is 0 Å². The van der Waals surface area contributed by atoms with Crippen molar-refractivity contribution < 1.29 is 14.3 Å². The lowest BCUT2D eigenvalue weighted by Gasteiger charge is -2.28. The topological polar surface area (TPSA) is 48.4 Å². The van der Waals surface area contributed by atoms with E-state index in [-0.39, 0.29) is 0 Å². The second-order valence-electron chi connectivity index (χ2n) is 5.23. The highest BCUT2D eigenvalue weighted by Crippen LogP contribution is 2.37. The zero-order chi connectivity index (χ0) is 15.9. The number of rotatable bonds is 4. The SMILES string of the molecule is CCC1(c2cc(C)nc(C)c2C=O)OCCO1.CCCC. The molecular weight excluding hydrogens is 266 g/mol. The summed E-state index contributed by atoms with van der Waals surface area (Å²) in [7, 11) is 0. The fourth-order valence-electron chi connectivity index (χ4n) is 2.31. The van der Waals surface area contributed by atoms with Crippen molar-refractivity contribution in [2.75, 3.05) is 13.2 Å². The molecule has 0 atom stereocenters. The maximum absolute atomic E-state index is 11.2. The van der Waals surface area contributed by atoms with Crippen LogP contribution in [0.2, 0.25) is 0 Å². The highest BCUT2D eigenvalue weighted by Gasteiger charge is 2.39. The van der Waals surface area contributed by atoms with E-state index in [2.05, 4.69) is 18.8 Å². The lowest BCUT2D eigenvalue weighted by molar-refractivity contribution is -0.167. The minimum absolute atomic E-state index is 0.562. The van der Waals surface area contributed by atoms with E-state index in [4.69, 9.17) is 9.47 Å². The fraction of sp³-hybridized carbons (Fsp3) is 0.647. The van der Waals surface area contributed by atoms with Gasteiger partial charge in [-0.1, -0.05) is 33.6 Å². The summed E-state index contributed by atoms with van der Waals surface area (Å²) in [6.45, 7) is 11.2. The lowest BCUT2D eigenvalue weighted by atomic mass is 9.96. The highest BCUT2D eigenvalue weighted by atomic mass is 16.7. The Morgan fingerprint density at radius 2 is 1.76 bits per heavy atom. The molecule has 0 spiro atoms. The first-order chi connectivity index (χ1) is 10.0. The number of ether oxygens (including phenoxy) is 2. The fourth-order valence-corrected chi connectivity index (χ4v) is 2.31. The number of carbonyl (C=O) groups excluding carboxylic acids is 1. The number of nitrogens with zero attached hydrogens (tertiary/aromatic N) is 1. The van der Waals surface area contributed by atoms with E-state index in [0.29, 0.717) is 25.2 Å². The number of aromatic nitrogens is 1. The van der Waals surface area contributed by atoms with Crippen LogP contribution in [0, 0.1) is 13.8 Å². The first-order valence-electron chi connectivity index (χ1n) is 7.76. The Labute approximate surface area is 127 Å². The smallest absolute Gasteiger partial charge is 0.195 e. The van der Waals surface area contributed by atoms with Gasteiger partial charge in [0, 0.05) is 28.9 Å². The van der Waals surface area contributed by atoms with Gasteiger partial charge in [-0.25, -0.2) is 0 Å². The molecule has 4 nitrogen and oxygen atoms in total. The molecule has 1 aliphatic heterocycles. The number of hydrogen-bond donors (Lipinski definition) is 0. The standard InChI is InChI=1S/C13H17NO3.C4H10/c1-4-13(16-5-6-17-13)12-7-9(2)14-10(3)11(12)8-15;1-3-4-2/h7-8H,4-6H2,1-3H3;3-4H2,1-2H3. The van der Waals surface area contributed by atoms with Gasteiger partial charge in [0.2, 0.25) is 0 Å². The molecule has 0 N–H and O–H groups in total. The number of hydrogen-bond acceptors (Lipinski definition) is 4. The Balaban J connectivity index is 0.000000491. The third-order valence-corrected chi connectivity index (χ3v) is 3.62. The summed E-state index contributed by atoms with van der Waals surface area (Å²) in [6, 6.07) is 1.88. The van der Waals surface area contributed by atoms with Crippen LogP contribution in [0.25, 0.3) is 0 Å². The molecule has 1 aromatic rings. The quantitative estimate of drug-likeness (QED) is 0.789. The Morgan fingerprint density at radius 3 is 2.19 bits per heavy atom. The molecular formula is C17H27NO3. The van der Waals surface area contributed by atoms with E-state index >= 15 is 0 Å². The van der Waals surface area contributed by atoms with Crippen molar-refractivity contribution in [2.45, 2.75) is 59.7 Å². The molecule has 1 saturated heterocycles. The Hall–Kier alpha value is -1.26. The minimum atomic E-state index is -0.769. The van der Waals surface area contributed by atoms with Crippen LogP contribution in [0.1, 0.15) is 67.3 Å². The predicted molar refractivity (Wildman–Crippen MR) is 83.6 cm³/mol. The molecule has 4 heteroatoms. The molecule has 118 valence electrons. The molecule has 21 heavy (non-hydrogen) atoms. The van der Waals surface area contributed by atoms with Gasteiger partial charge in [0.05, 0.1) is 13.2 Å². The number of unbranched alkanes of at least 4 members (excludes halogenated alkanes) is 1. The average Bonchev–Trinajstić information content (AvgIpc) is 2.97. The van der Waals surface area contributed by atoms with Gasteiger partial charge < -0.3 is 9.47 Å². The summed E-state index contributed by atoms with van der Waals surface area (Å²) in [5, 5.41) is 0. The zero-order valence-corrected chi connectivity index (χ0v) is 13.9. The van der Waals surface area contributed by atoms with Crippen molar-refractivity contribution in [2.24, 2.45) is 0 Å². The van der Waals surface area contributed by atoms with Crippen molar-refractivity contribution >= 4 is 6.29 Å². The number of aldehydes is 1. The zero-order valence-electron chi connectivity index (χ0n) is 13.9. The number of pyridine rings is 1. The maximum Gasteiger partial charge on any atom is 0.195 e. The van der Waals surface area contributed by atoms with Crippen LogP contribution in [0.4, 0.5) is 0 Å². The molecule has 0 aliphatic carbocycles. The molecule has 1 aliphatic rings. The second-order valence-corrected chi connectivity index (χ2v) is 5.23. The second kappa shape index (κ2) is 8.25. The van der Waals surface area contributed by atoms with Crippen LogP contribution >= 0.6 is 0 Å². The average molecular weight is 293 g/mol. The normalized spacial score (nSPS) is 16.2. The molecule has 1 aromatic heterocycles. The Kier molecular flexibility index (Phi) is 6.99. The third-order valence-electron chi connectivity index (χ3n) is 3.62. The molecule has 0 radical (unpaired) electrons. The molecule has 1 fully saturated rings. The van der Waals surface area contributed by atoms with E-state index < -0.39 is 5.79 Å². The molecule has 0 unspecified atom stereocenters. The number of carbonyl (C=O) groups is 1. The lowest BCUT2D eigenvalue weighted by Crippen LogP contribution is -2.28. The van der Waals surface area contributed by atoms with Gasteiger partial charge in [0.25, 0.3) is 0 Å². The van der Waals surface area contributed by atoms with Crippen LogP contribution in [0.5, 0.6) is 0 Å². The molecule has 0 aromatic carbocycles. The van der Waals surface area contributed by atoms with E-state index in [1.165, 1.54) is 12.8 Å². The molecule has 0 amide bonds. The molecule has 0 saturated carbocycles. The van der Waals surface area contributed by atoms with E-state index in [1.54, 1.807) is 0 Å². The monoisotopic (exact) mass is 293 g/mol. The van der Waals surface area contributed by atoms with E-state index in [9.17, 15) is 4.79 Å². The van der Waals surface area contributed by atoms with Crippen LogP contribution in [-0.2, 0) is 15.3 Å². The first kappa shape index (κ1) is 17.8. The first-order valence-corrected chi connectivity index (χ1v) is 7.76. The van der Waals surface area contributed by atoms with Gasteiger partial charge >= 0.3 is 0 Å². The minimum Gasteiger partial charge on any atom is -0.343 e. The van der Waals surface area contributed by atoms with E-state index in [1.807, 2.05) is 26.8 Å². The summed E-state index contributed by atoms with van der Waals surface area (Å²) in [5.41, 5.74) is 2.98. The Morgan fingerprint density at radius 1 is 1.19 bits per heavy atom. The summed E-state index contributed by atoms with van der Waals surface area (Å²) in [6.07, 6.45) is 4.15. The van der Waals surface area contributed by atoms with Crippen molar-refractivity contribution in [1.82, 2.24) is 4.98 Å². The molecule has 2 heterocycles. The van der Waals surface area contributed by atoms with Crippen LogP contribution < -0.4 is 0 Å². The van der Waals surface area contributed by atoms with Crippen LogP contribution in [0.3, 0.4) is 0 Å². The largest absolute Gasteiger partial charge is 0.343 e. The van der Waals surface area contributed by atoms with Gasteiger partial charge in [0.1, 0.15) is 0 Å². The van der Waals surface area contributed by atoms with Gasteiger partial charge in [-0.3, -0.25) is 9.78 Å². The Bertz CT molecular complexity index is 463. The number of aryl methyl sites for hydroxylation is 2. The van der Waals surface area contributed by atoms with Gasteiger partial charge in [-0.05, 0) is 19.9 Å². The van der Waals surface area contributed by atoms with Crippen molar-refractivity contribution in [3.8, 4) is 0 Å². The van der Waals surface area contributed by atoms with Crippen LogP contribution in [0.15, 0.2) is 6.07 Å². The van der Waals surface area contributed by atoms with Crippen molar-refractivity contribution in [3.63, 3.8) is 0 Å². The van der Waals surface area contributed by atoms with Crippen molar-refractivity contribution in [3.05, 3.63) is 28.6 Å². The predicted octanol–water partition coefficient (Wildman–Crippen LogP) is 3.93. The van der Waals surface area contributed by atoms with E-state index in [0.717, 1.165) is 23.2 Å². The summed E-state index contributed by atoms with van der Waals surface area (Å²) in [4.78, 5) is 15.5. The third kappa shape index (κ3) is 4.11.